The molecule has 0 aliphatic rings. The molecule has 0 bridgehead atoms. The molecule has 0 amide bonds. The molecule has 2 aromatic heterocycles. The van der Waals surface area contributed by atoms with Crippen LogP contribution in [0.5, 0.6) is 0 Å². The minimum Gasteiger partial charge on any atom is -0.384 e. The maximum atomic E-state index is 5.63. The number of pyridine rings is 1. The van der Waals surface area contributed by atoms with Crippen LogP contribution >= 0.6 is 11.3 Å². The molecule has 0 unspecified atom stereocenters. The number of rotatable bonds is 2. The number of nitrogens with two attached hydrogens (primary N) is 1. The fraction of sp³-hybridized carbons (Fsp3) is 0.273. The highest BCUT2D eigenvalue weighted by Gasteiger charge is 2.08. The Kier molecular flexibility index (Phi) is 2.68. The predicted octanol–water partition coefficient (Wildman–Crippen LogP) is 2.91. The third-order valence-electron chi connectivity index (χ3n) is 2.08. The molecule has 2 rings (SSSR count). The molecule has 2 heterocycles. The maximum absolute atomic E-state index is 5.63. The van der Waals surface area contributed by atoms with E-state index in [2.05, 4.69) is 23.8 Å². The summed E-state index contributed by atoms with van der Waals surface area (Å²) in [5.74, 6) is 1.05. The summed E-state index contributed by atoms with van der Waals surface area (Å²) in [6, 6.07) is 5.61. The van der Waals surface area contributed by atoms with Crippen LogP contribution < -0.4 is 5.73 Å². The summed E-state index contributed by atoms with van der Waals surface area (Å²) in [5, 5.41) is 0.936. The van der Waals surface area contributed by atoms with E-state index in [0.29, 0.717) is 11.7 Å². The monoisotopic (exact) mass is 219 g/mol. The van der Waals surface area contributed by atoms with Gasteiger partial charge in [-0.15, -0.1) is 11.3 Å². The van der Waals surface area contributed by atoms with Gasteiger partial charge in [-0.3, -0.25) is 0 Å². The van der Waals surface area contributed by atoms with Crippen LogP contribution in [0.1, 0.15) is 24.6 Å². The molecule has 2 N–H and O–H groups in total. The molecule has 0 aromatic carbocycles. The zero-order valence-corrected chi connectivity index (χ0v) is 9.58. The second-order valence-electron chi connectivity index (χ2n) is 3.67. The number of nitrogens with zero attached hydrogens (tertiary/aromatic N) is 2. The van der Waals surface area contributed by atoms with Crippen molar-refractivity contribution in [3.8, 4) is 10.7 Å². The molecule has 78 valence electrons. The molecular weight excluding hydrogens is 206 g/mol. The SMILES string of the molecule is CC(C)c1cnc(-c2cccc(N)n2)s1. The van der Waals surface area contributed by atoms with Gasteiger partial charge in [0.1, 0.15) is 16.5 Å². The number of nitrogen functional groups attached to an aromatic ring is 1. The van der Waals surface area contributed by atoms with Crippen LogP contribution in [0.2, 0.25) is 0 Å². The van der Waals surface area contributed by atoms with Crippen LogP contribution in [-0.2, 0) is 0 Å². The van der Waals surface area contributed by atoms with E-state index < -0.39 is 0 Å². The molecule has 0 aliphatic heterocycles. The summed E-state index contributed by atoms with van der Waals surface area (Å²) in [6.45, 7) is 4.31. The minimum absolute atomic E-state index is 0.511. The lowest BCUT2D eigenvalue weighted by Gasteiger charge is -1.97. The predicted molar refractivity (Wildman–Crippen MR) is 63.8 cm³/mol. The Balaban J connectivity index is 2.37. The average molecular weight is 219 g/mol. The molecule has 0 aliphatic carbocycles. The van der Waals surface area contributed by atoms with Gasteiger partial charge < -0.3 is 5.73 Å². The fourth-order valence-electron chi connectivity index (χ4n) is 1.24. The van der Waals surface area contributed by atoms with Crippen molar-refractivity contribution in [2.75, 3.05) is 5.73 Å². The zero-order chi connectivity index (χ0) is 10.8. The molecular formula is C11H13N3S. The minimum atomic E-state index is 0.511. The number of hydrogen-bond donors (Lipinski definition) is 1. The molecule has 4 heteroatoms. The van der Waals surface area contributed by atoms with Crippen molar-refractivity contribution in [2.24, 2.45) is 0 Å². The summed E-state index contributed by atoms with van der Waals surface area (Å²) < 4.78 is 0. The lowest BCUT2D eigenvalue weighted by atomic mass is 10.2. The molecule has 0 radical (unpaired) electrons. The summed E-state index contributed by atoms with van der Waals surface area (Å²) in [7, 11) is 0. The Morgan fingerprint density at radius 2 is 2.13 bits per heavy atom. The number of thiazole rings is 1. The smallest absolute Gasteiger partial charge is 0.142 e. The average Bonchev–Trinajstić information content (AvgIpc) is 2.66. The lowest BCUT2D eigenvalue weighted by molar-refractivity contribution is 0.885. The largest absolute Gasteiger partial charge is 0.384 e. The van der Waals surface area contributed by atoms with Gasteiger partial charge in [0.05, 0.1) is 0 Å². The second-order valence-corrected chi connectivity index (χ2v) is 4.73. The molecule has 15 heavy (non-hydrogen) atoms. The van der Waals surface area contributed by atoms with Crippen LogP contribution in [-0.4, -0.2) is 9.97 Å². The molecule has 3 nitrogen and oxygen atoms in total. The molecule has 0 spiro atoms. The number of aromatic nitrogens is 2. The first kappa shape index (κ1) is 10.1. The first-order valence-electron chi connectivity index (χ1n) is 4.85. The Morgan fingerprint density at radius 1 is 1.33 bits per heavy atom. The van der Waals surface area contributed by atoms with Gasteiger partial charge in [-0.2, -0.15) is 0 Å². The van der Waals surface area contributed by atoms with Gasteiger partial charge in [0.15, 0.2) is 0 Å². The maximum Gasteiger partial charge on any atom is 0.142 e. The topological polar surface area (TPSA) is 51.8 Å². The van der Waals surface area contributed by atoms with E-state index in [1.807, 2.05) is 18.3 Å². The highest BCUT2D eigenvalue weighted by Crippen LogP contribution is 2.28. The zero-order valence-electron chi connectivity index (χ0n) is 8.77. The van der Waals surface area contributed by atoms with Crippen LogP contribution in [0.25, 0.3) is 10.7 Å². The summed E-state index contributed by atoms with van der Waals surface area (Å²) >= 11 is 1.67. The van der Waals surface area contributed by atoms with Crippen molar-refractivity contribution < 1.29 is 0 Å². The van der Waals surface area contributed by atoms with Crippen LogP contribution in [0.15, 0.2) is 24.4 Å². The molecule has 0 saturated carbocycles. The van der Waals surface area contributed by atoms with Gasteiger partial charge in [-0.1, -0.05) is 19.9 Å². The molecule has 2 aromatic rings. The quantitative estimate of drug-likeness (QED) is 0.845. The van der Waals surface area contributed by atoms with Crippen molar-refractivity contribution in [1.29, 1.82) is 0 Å². The summed E-state index contributed by atoms with van der Waals surface area (Å²) in [6.07, 6.45) is 1.91. The lowest BCUT2D eigenvalue weighted by Crippen LogP contribution is -1.90. The van der Waals surface area contributed by atoms with Gasteiger partial charge in [0, 0.05) is 11.1 Å². The van der Waals surface area contributed by atoms with E-state index in [4.69, 9.17) is 5.73 Å². The van der Waals surface area contributed by atoms with Gasteiger partial charge in [-0.25, -0.2) is 9.97 Å². The number of anilines is 1. The first-order valence-corrected chi connectivity index (χ1v) is 5.67. The normalized spacial score (nSPS) is 10.9. The molecule has 0 saturated heterocycles. The fourth-order valence-corrected chi connectivity index (χ4v) is 2.13. The van der Waals surface area contributed by atoms with E-state index >= 15 is 0 Å². The van der Waals surface area contributed by atoms with Gasteiger partial charge in [-0.05, 0) is 18.1 Å². The Hall–Kier alpha value is -1.42. The molecule has 0 atom stereocenters. The van der Waals surface area contributed by atoms with Crippen molar-refractivity contribution in [3.63, 3.8) is 0 Å². The second kappa shape index (κ2) is 3.98. The van der Waals surface area contributed by atoms with E-state index in [1.54, 1.807) is 17.4 Å². The third kappa shape index (κ3) is 2.15. The first-order chi connectivity index (χ1) is 7.16. The van der Waals surface area contributed by atoms with Crippen LogP contribution in [0.4, 0.5) is 5.82 Å². The summed E-state index contributed by atoms with van der Waals surface area (Å²) in [4.78, 5) is 9.86. The highest BCUT2D eigenvalue weighted by molar-refractivity contribution is 7.15. The van der Waals surface area contributed by atoms with Crippen LogP contribution in [0, 0.1) is 0 Å². The van der Waals surface area contributed by atoms with Gasteiger partial charge >= 0.3 is 0 Å². The van der Waals surface area contributed by atoms with Crippen molar-refractivity contribution in [3.05, 3.63) is 29.3 Å². The Labute approximate surface area is 93.0 Å². The van der Waals surface area contributed by atoms with Crippen molar-refractivity contribution >= 4 is 17.2 Å². The molecule has 0 fully saturated rings. The van der Waals surface area contributed by atoms with Crippen LogP contribution in [0.3, 0.4) is 0 Å². The van der Waals surface area contributed by atoms with Crippen molar-refractivity contribution in [1.82, 2.24) is 9.97 Å². The van der Waals surface area contributed by atoms with Gasteiger partial charge in [0.2, 0.25) is 0 Å². The van der Waals surface area contributed by atoms with Gasteiger partial charge in [0.25, 0.3) is 0 Å². The van der Waals surface area contributed by atoms with Crippen molar-refractivity contribution in [2.45, 2.75) is 19.8 Å². The standard InChI is InChI=1S/C11H13N3S/c1-7(2)9-6-13-11(15-9)8-4-3-5-10(12)14-8/h3-7H,1-2H3,(H2,12,14). The van der Waals surface area contributed by atoms with E-state index in [9.17, 15) is 0 Å². The highest BCUT2D eigenvalue weighted by atomic mass is 32.1. The van der Waals surface area contributed by atoms with E-state index in [1.165, 1.54) is 4.88 Å². The summed E-state index contributed by atoms with van der Waals surface area (Å²) in [5.41, 5.74) is 6.48. The van der Waals surface area contributed by atoms with E-state index in [-0.39, 0.29) is 0 Å². The number of hydrogen-bond acceptors (Lipinski definition) is 4. The Bertz CT molecular complexity index is 462. The van der Waals surface area contributed by atoms with E-state index in [0.717, 1.165) is 10.7 Å². The Morgan fingerprint density at radius 3 is 2.73 bits per heavy atom. The third-order valence-corrected chi connectivity index (χ3v) is 3.40.